The molecule has 0 saturated heterocycles. The van der Waals surface area contributed by atoms with E-state index in [1.54, 1.807) is 23.0 Å². The number of amides is 1. The number of rotatable bonds is 5. The Labute approximate surface area is 143 Å². The molecule has 1 amide bonds. The second-order valence-electron chi connectivity index (χ2n) is 5.68. The van der Waals surface area contributed by atoms with Gasteiger partial charge in [0.2, 0.25) is 5.89 Å². The molecule has 1 aromatic carbocycles. The fourth-order valence-corrected chi connectivity index (χ4v) is 2.54. The molecule has 3 aromatic heterocycles. The van der Waals surface area contributed by atoms with E-state index in [-0.39, 0.29) is 17.7 Å². The highest BCUT2D eigenvalue weighted by molar-refractivity contribution is 5.91. The van der Waals surface area contributed by atoms with Crippen molar-refractivity contribution in [3.05, 3.63) is 72.3 Å². The number of furan rings is 1. The zero-order valence-electron chi connectivity index (χ0n) is 13.5. The number of benzene rings is 1. The van der Waals surface area contributed by atoms with Crippen LogP contribution in [-0.2, 0) is 6.54 Å². The summed E-state index contributed by atoms with van der Waals surface area (Å²) < 4.78 is 13.0. The molecule has 0 aliphatic heterocycles. The van der Waals surface area contributed by atoms with Gasteiger partial charge in [-0.1, -0.05) is 12.1 Å². The molecular formula is C18H16N4O3. The molecule has 0 fully saturated rings. The first-order chi connectivity index (χ1) is 12.2. The van der Waals surface area contributed by atoms with Gasteiger partial charge in [0, 0.05) is 12.4 Å². The van der Waals surface area contributed by atoms with Crippen LogP contribution in [0.3, 0.4) is 0 Å². The Bertz CT molecular complexity index is 967. The molecule has 0 aliphatic rings. The highest BCUT2D eigenvalue weighted by Gasteiger charge is 2.19. The molecule has 3 heterocycles. The number of oxazole rings is 1. The van der Waals surface area contributed by atoms with Gasteiger partial charge in [0.15, 0.2) is 11.3 Å². The maximum absolute atomic E-state index is 12.4. The normalized spacial score (nSPS) is 12.4. The van der Waals surface area contributed by atoms with Crippen molar-refractivity contribution < 1.29 is 13.6 Å². The summed E-state index contributed by atoms with van der Waals surface area (Å²) in [5, 5.41) is 6.94. The number of nitrogens with zero attached hydrogens (tertiary/aromatic N) is 3. The van der Waals surface area contributed by atoms with Gasteiger partial charge in [0.05, 0.1) is 6.54 Å². The van der Waals surface area contributed by atoms with Gasteiger partial charge in [-0.15, -0.1) is 0 Å². The van der Waals surface area contributed by atoms with Crippen LogP contribution < -0.4 is 5.32 Å². The van der Waals surface area contributed by atoms with Gasteiger partial charge in [-0.05, 0) is 37.3 Å². The average Bonchev–Trinajstić information content (AvgIpc) is 3.35. The molecule has 0 saturated carbocycles. The lowest BCUT2D eigenvalue weighted by Gasteiger charge is -2.08. The molecule has 4 aromatic rings. The van der Waals surface area contributed by atoms with Gasteiger partial charge in [-0.25, -0.2) is 4.98 Å². The van der Waals surface area contributed by atoms with Crippen molar-refractivity contribution in [2.24, 2.45) is 0 Å². The number of nitrogens with one attached hydrogen (secondary N) is 1. The molecule has 7 heteroatoms. The first-order valence-electron chi connectivity index (χ1n) is 7.91. The summed E-state index contributed by atoms with van der Waals surface area (Å²) in [7, 11) is 0. The van der Waals surface area contributed by atoms with Crippen LogP contribution in [0, 0.1) is 0 Å². The summed E-state index contributed by atoms with van der Waals surface area (Å²) in [5.74, 6) is 1.04. The Morgan fingerprint density at radius 3 is 2.88 bits per heavy atom. The first-order valence-corrected chi connectivity index (χ1v) is 7.91. The van der Waals surface area contributed by atoms with Crippen molar-refractivity contribution in [3.8, 4) is 0 Å². The van der Waals surface area contributed by atoms with E-state index in [4.69, 9.17) is 8.83 Å². The van der Waals surface area contributed by atoms with Crippen molar-refractivity contribution in [3.63, 3.8) is 0 Å². The minimum absolute atomic E-state index is 0.241. The summed E-state index contributed by atoms with van der Waals surface area (Å²) in [6.45, 7) is 2.29. The number of carbonyl (C=O) groups is 1. The van der Waals surface area contributed by atoms with Gasteiger partial charge in [-0.2, -0.15) is 5.10 Å². The zero-order chi connectivity index (χ0) is 17.2. The van der Waals surface area contributed by atoms with Crippen LogP contribution in [-0.4, -0.2) is 20.7 Å². The van der Waals surface area contributed by atoms with Crippen molar-refractivity contribution in [1.29, 1.82) is 0 Å². The molecule has 1 unspecified atom stereocenters. The predicted octanol–water partition coefficient (Wildman–Crippen LogP) is 3.16. The SMILES string of the molecule is CC(NC(=O)c1ccc(Cn2cccn2)o1)c1nc2ccccc2o1. The maximum atomic E-state index is 12.4. The summed E-state index contributed by atoms with van der Waals surface area (Å²) in [4.78, 5) is 16.8. The summed E-state index contributed by atoms with van der Waals surface area (Å²) in [5.41, 5.74) is 1.45. The number of fused-ring (bicyclic) bond motifs is 1. The van der Waals surface area contributed by atoms with Crippen LogP contribution in [0.15, 0.2) is 63.7 Å². The van der Waals surface area contributed by atoms with E-state index < -0.39 is 0 Å². The quantitative estimate of drug-likeness (QED) is 0.605. The largest absolute Gasteiger partial charge is 0.454 e. The third-order valence-corrected chi connectivity index (χ3v) is 3.79. The molecule has 4 rings (SSSR count). The molecule has 0 radical (unpaired) electrons. The van der Waals surface area contributed by atoms with Crippen molar-refractivity contribution in [2.45, 2.75) is 19.5 Å². The van der Waals surface area contributed by atoms with Gasteiger partial charge < -0.3 is 14.2 Å². The van der Waals surface area contributed by atoms with Gasteiger partial charge >= 0.3 is 0 Å². The van der Waals surface area contributed by atoms with Gasteiger partial charge in [-0.3, -0.25) is 9.48 Å². The smallest absolute Gasteiger partial charge is 0.287 e. The summed E-state index contributed by atoms with van der Waals surface area (Å²) >= 11 is 0. The zero-order valence-corrected chi connectivity index (χ0v) is 13.5. The third kappa shape index (κ3) is 3.16. The molecule has 25 heavy (non-hydrogen) atoms. The second kappa shape index (κ2) is 6.27. The molecular weight excluding hydrogens is 320 g/mol. The molecule has 0 bridgehead atoms. The van der Waals surface area contributed by atoms with Gasteiger partial charge in [0.25, 0.3) is 5.91 Å². The number of hydrogen-bond acceptors (Lipinski definition) is 5. The minimum atomic E-state index is -0.375. The predicted molar refractivity (Wildman–Crippen MR) is 89.9 cm³/mol. The fraction of sp³-hybridized carbons (Fsp3) is 0.167. The lowest BCUT2D eigenvalue weighted by atomic mass is 10.3. The molecule has 0 aliphatic carbocycles. The number of para-hydroxylation sites is 2. The average molecular weight is 336 g/mol. The Balaban J connectivity index is 1.45. The topological polar surface area (TPSA) is 86.1 Å². The van der Waals surface area contributed by atoms with E-state index >= 15 is 0 Å². The van der Waals surface area contributed by atoms with Crippen molar-refractivity contribution in [1.82, 2.24) is 20.1 Å². The standard InChI is InChI=1S/C18H16N4O3/c1-12(18-21-14-5-2-3-6-15(14)25-18)20-17(23)16-8-7-13(24-16)11-22-10-4-9-19-22/h2-10,12H,11H2,1H3,(H,20,23). The first kappa shape index (κ1) is 15.2. The highest BCUT2D eigenvalue weighted by atomic mass is 16.4. The Morgan fingerprint density at radius 2 is 2.08 bits per heavy atom. The van der Waals surface area contributed by atoms with E-state index in [2.05, 4.69) is 15.4 Å². The van der Waals surface area contributed by atoms with E-state index in [1.807, 2.05) is 43.5 Å². The van der Waals surface area contributed by atoms with Crippen LogP contribution >= 0.6 is 0 Å². The van der Waals surface area contributed by atoms with E-state index in [1.165, 1.54) is 0 Å². The Kier molecular flexibility index (Phi) is 3.81. The van der Waals surface area contributed by atoms with Gasteiger partial charge in [0.1, 0.15) is 17.3 Å². The summed E-state index contributed by atoms with van der Waals surface area (Å²) in [6.07, 6.45) is 3.52. The van der Waals surface area contributed by atoms with E-state index in [9.17, 15) is 4.79 Å². The minimum Gasteiger partial charge on any atom is -0.454 e. The van der Waals surface area contributed by atoms with E-state index in [0.717, 1.165) is 5.52 Å². The molecule has 126 valence electrons. The molecule has 1 N–H and O–H groups in total. The van der Waals surface area contributed by atoms with Crippen LogP contribution in [0.2, 0.25) is 0 Å². The number of aromatic nitrogens is 3. The van der Waals surface area contributed by atoms with Crippen LogP contribution in [0.1, 0.15) is 35.2 Å². The Morgan fingerprint density at radius 1 is 1.20 bits per heavy atom. The number of hydrogen-bond donors (Lipinski definition) is 1. The van der Waals surface area contributed by atoms with Crippen molar-refractivity contribution in [2.75, 3.05) is 0 Å². The van der Waals surface area contributed by atoms with Crippen molar-refractivity contribution >= 4 is 17.0 Å². The van der Waals surface area contributed by atoms with Crippen LogP contribution in [0.5, 0.6) is 0 Å². The van der Waals surface area contributed by atoms with E-state index in [0.29, 0.717) is 23.8 Å². The molecule has 0 spiro atoms. The molecule has 7 nitrogen and oxygen atoms in total. The lowest BCUT2D eigenvalue weighted by molar-refractivity contribution is 0.0904. The molecule has 1 atom stereocenters. The Hall–Kier alpha value is -3.35. The summed E-state index contributed by atoms with van der Waals surface area (Å²) in [6, 6.07) is 12.3. The maximum Gasteiger partial charge on any atom is 0.287 e. The fourth-order valence-electron chi connectivity index (χ4n) is 2.54. The monoisotopic (exact) mass is 336 g/mol. The second-order valence-corrected chi connectivity index (χ2v) is 5.68. The number of carbonyl (C=O) groups excluding carboxylic acids is 1. The van der Waals surface area contributed by atoms with Crippen LogP contribution in [0.4, 0.5) is 0 Å². The van der Waals surface area contributed by atoms with Crippen LogP contribution in [0.25, 0.3) is 11.1 Å². The lowest BCUT2D eigenvalue weighted by Crippen LogP contribution is -2.26. The third-order valence-electron chi connectivity index (χ3n) is 3.79. The highest BCUT2D eigenvalue weighted by Crippen LogP contribution is 2.20.